The molecule has 0 atom stereocenters. The van der Waals surface area contributed by atoms with Gasteiger partial charge >= 0.3 is 0 Å². The summed E-state index contributed by atoms with van der Waals surface area (Å²) in [4.78, 5) is 7.30. The van der Waals surface area contributed by atoms with Crippen LogP contribution in [-0.4, -0.2) is 6.54 Å². The maximum absolute atomic E-state index is 3.63. The summed E-state index contributed by atoms with van der Waals surface area (Å²) in [7, 11) is 0. The Morgan fingerprint density at radius 1 is 0.545 bits per heavy atom. The Bertz CT molecular complexity index is 1140. The number of hydrogen-bond acceptors (Lipinski definition) is 4. The number of halogens is 3. The highest BCUT2D eigenvalue weighted by molar-refractivity contribution is 9.11. The fraction of sp³-hybridized carbons (Fsp3) is 0.0769. The molecule has 0 aliphatic rings. The van der Waals surface area contributed by atoms with E-state index in [2.05, 4.69) is 145 Å². The molecule has 4 aromatic rings. The second-order valence-electron chi connectivity index (χ2n) is 6.99. The quantitative estimate of drug-likeness (QED) is 0.198. The van der Waals surface area contributed by atoms with Crippen LogP contribution in [0.15, 0.2) is 128 Å². The first-order valence-electron chi connectivity index (χ1n) is 10.2. The summed E-state index contributed by atoms with van der Waals surface area (Å²) < 4.78 is 3.27. The molecule has 0 fully saturated rings. The van der Waals surface area contributed by atoms with Crippen LogP contribution in [0.2, 0.25) is 0 Å². The summed E-state index contributed by atoms with van der Waals surface area (Å²) in [5, 5.41) is 3.63. The third kappa shape index (κ3) is 7.33. The highest BCUT2D eigenvalue weighted by atomic mass is 79.9. The van der Waals surface area contributed by atoms with Crippen LogP contribution in [0.4, 0.5) is 5.69 Å². The van der Waals surface area contributed by atoms with Gasteiger partial charge in [-0.2, -0.15) is 0 Å². The van der Waals surface area contributed by atoms with Crippen molar-refractivity contribution in [2.24, 2.45) is 0 Å². The van der Waals surface area contributed by atoms with E-state index >= 15 is 0 Å². The van der Waals surface area contributed by atoms with Crippen molar-refractivity contribution in [1.82, 2.24) is 0 Å². The molecule has 0 amide bonds. The molecule has 1 nitrogen and oxygen atoms in total. The van der Waals surface area contributed by atoms with E-state index in [4.69, 9.17) is 0 Å². The van der Waals surface area contributed by atoms with Crippen molar-refractivity contribution in [3.63, 3.8) is 0 Å². The van der Waals surface area contributed by atoms with E-state index in [1.807, 2.05) is 0 Å². The van der Waals surface area contributed by atoms with Gasteiger partial charge in [0.05, 0.1) is 5.69 Å². The molecule has 4 rings (SSSR count). The summed E-state index contributed by atoms with van der Waals surface area (Å²) >= 11 is 16.0. The maximum atomic E-state index is 3.63. The molecule has 7 heteroatoms. The normalized spacial score (nSPS) is 10.9. The van der Waals surface area contributed by atoms with Gasteiger partial charge in [-0.1, -0.05) is 83.1 Å². The van der Waals surface area contributed by atoms with E-state index in [0.717, 1.165) is 20.0 Å². The summed E-state index contributed by atoms with van der Waals surface area (Å²) in [6, 6.07) is 30.0. The SMILES string of the molecule is CCNc1c(Sc2ccc(Br)cc2)cc(Sc2ccc(Br)cc2)cc1Sc1ccc(Br)cc1. The van der Waals surface area contributed by atoms with Gasteiger partial charge in [-0.05, 0) is 91.9 Å². The zero-order valence-electron chi connectivity index (χ0n) is 17.6. The predicted molar refractivity (Wildman–Crippen MR) is 155 cm³/mol. The molecule has 0 aliphatic heterocycles. The number of hydrogen-bond donors (Lipinski definition) is 1. The molecular formula is C26H20Br3NS3. The van der Waals surface area contributed by atoms with Gasteiger partial charge in [0.2, 0.25) is 0 Å². The molecule has 168 valence electrons. The van der Waals surface area contributed by atoms with Crippen molar-refractivity contribution in [1.29, 1.82) is 0 Å². The topological polar surface area (TPSA) is 12.0 Å². The lowest BCUT2D eigenvalue weighted by atomic mass is 10.3. The van der Waals surface area contributed by atoms with Crippen molar-refractivity contribution < 1.29 is 0 Å². The van der Waals surface area contributed by atoms with Gasteiger partial charge in [-0.25, -0.2) is 0 Å². The van der Waals surface area contributed by atoms with Crippen LogP contribution < -0.4 is 5.32 Å². The van der Waals surface area contributed by atoms with Gasteiger partial charge in [0.1, 0.15) is 0 Å². The zero-order valence-corrected chi connectivity index (χ0v) is 24.9. The smallest absolute Gasteiger partial charge is 0.0624 e. The highest BCUT2D eigenvalue weighted by Crippen LogP contribution is 2.45. The van der Waals surface area contributed by atoms with Crippen LogP contribution in [0.5, 0.6) is 0 Å². The van der Waals surface area contributed by atoms with Crippen LogP contribution >= 0.6 is 83.1 Å². The second kappa shape index (κ2) is 12.2. The standard InChI is InChI=1S/C26H20Br3NS3/c1-2-30-26-24(32-21-11-5-18(28)6-12-21)15-23(31-20-9-3-17(27)4-10-20)16-25(26)33-22-13-7-19(29)8-14-22/h3-16,30H,2H2,1H3. The van der Waals surface area contributed by atoms with Gasteiger partial charge in [0.25, 0.3) is 0 Å². The Kier molecular flexibility index (Phi) is 9.36. The van der Waals surface area contributed by atoms with Crippen LogP contribution in [0.25, 0.3) is 0 Å². The van der Waals surface area contributed by atoms with Gasteiger partial charge in [-0.15, -0.1) is 0 Å². The zero-order chi connectivity index (χ0) is 23.2. The molecule has 0 saturated heterocycles. The van der Waals surface area contributed by atoms with Crippen molar-refractivity contribution in [3.05, 3.63) is 98.3 Å². The molecule has 0 aromatic heterocycles. The molecule has 0 spiro atoms. The third-order valence-electron chi connectivity index (χ3n) is 4.53. The number of rotatable bonds is 8. The molecule has 0 radical (unpaired) electrons. The maximum Gasteiger partial charge on any atom is 0.0624 e. The van der Waals surface area contributed by atoms with Crippen molar-refractivity contribution in [2.45, 2.75) is 36.3 Å². The molecule has 33 heavy (non-hydrogen) atoms. The van der Waals surface area contributed by atoms with Crippen LogP contribution in [0.1, 0.15) is 6.92 Å². The van der Waals surface area contributed by atoms with E-state index in [0.29, 0.717) is 0 Å². The lowest BCUT2D eigenvalue weighted by Gasteiger charge is -2.18. The second-order valence-corrected chi connectivity index (χ2v) is 13.1. The lowest BCUT2D eigenvalue weighted by Crippen LogP contribution is -2.00. The van der Waals surface area contributed by atoms with Crippen molar-refractivity contribution in [2.75, 3.05) is 11.9 Å². The Morgan fingerprint density at radius 2 is 0.909 bits per heavy atom. The van der Waals surface area contributed by atoms with E-state index in [1.54, 1.807) is 35.3 Å². The molecule has 0 unspecified atom stereocenters. The average Bonchev–Trinajstić information content (AvgIpc) is 2.80. The summed E-state index contributed by atoms with van der Waals surface area (Å²) in [6.45, 7) is 3.01. The largest absolute Gasteiger partial charge is 0.383 e. The van der Waals surface area contributed by atoms with Crippen LogP contribution in [0, 0.1) is 0 Å². The first-order chi connectivity index (χ1) is 16.0. The Hall–Kier alpha value is -0.830. The predicted octanol–water partition coefficient (Wildman–Crippen LogP) is 10.9. The number of benzene rings is 4. The molecule has 0 saturated carbocycles. The van der Waals surface area contributed by atoms with Gasteiger partial charge < -0.3 is 5.32 Å². The van der Waals surface area contributed by atoms with E-state index in [1.165, 1.54) is 35.1 Å². The molecule has 4 aromatic carbocycles. The first-order valence-corrected chi connectivity index (χ1v) is 15.0. The fourth-order valence-corrected chi connectivity index (χ4v) is 6.93. The minimum Gasteiger partial charge on any atom is -0.383 e. The Balaban J connectivity index is 1.75. The molecule has 0 aliphatic carbocycles. The van der Waals surface area contributed by atoms with Crippen molar-refractivity contribution >= 4 is 88.8 Å². The summed E-state index contributed by atoms with van der Waals surface area (Å²) in [5.41, 5.74) is 1.18. The van der Waals surface area contributed by atoms with E-state index in [-0.39, 0.29) is 0 Å². The fourth-order valence-electron chi connectivity index (χ4n) is 3.03. The van der Waals surface area contributed by atoms with Gasteiger partial charge in [-0.3, -0.25) is 0 Å². The summed E-state index contributed by atoms with van der Waals surface area (Å²) in [6.07, 6.45) is 0. The highest BCUT2D eigenvalue weighted by Gasteiger charge is 2.15. The molecule has 0 bridgehead atoms. The van der Waals surface area contributed by atoms with E-state index in [9.17, 15) is 0 Å². The average molecular weight is 682 g/mol. The molecule has 0 heterocycles. The third-order valence-corrected chi connectivity index (χ3v) is 9.19. The molecule has 1 N–H and O–H groups in total. The van der Waals surface area contributed by atoms with Crippen LogP contribution in [-0.2, 0) is 0 Å². The van der Waals surface area contributed by atoms with Crippen LogP contribution in [0.3, 0.4) is 0 Å². The number of anilines is 1. The monoisotopic (exact) mass is 679 g/mol. The minimum atomic E-state index is 0.862. The molecular weight excluding hydrogens is 662 g/mol. The van der Waals surface area contributed by atoms with Crippen molar-refractivity contribution in [3.8, 4) is 0 Å². The van der Waals surface area contributed by atoms with E-state index < -0.39 is 0 Å². The Labute approximate surface area is 233 Å². The van der Waals surface area contributed by atoms with Gasteiger partial charge in [0, 0.05) is 49.3 Å². The number of nitrogens with one attached hydrogen (secondary N) is 1. The summed E-state index contributed by atoms with van der Waals surface area (Å²) in [5.74, 6) is 0. The first kappa shape index (κ1) is 25.3. The minimum absolute atomic E-state index is 0.862. The Morgan fingerprint density at radius 3 is 1.27 bits per heavy atom. The lowest BCUT2D eigenvalue weighted by molar-refractivity contribution is 1.13. The van der Waals surface area contributed by atoms with Gasteiger partial charge in [0.15, 0.2) is 0 Å².